The van der Waals surface area contributed by atoms with Crippen molar-refractivity contribution in [2.24, 2.45) is 0 Å². The molecule has 0 aromatic carbocycles. The summed E-state index contributed by atoms with van der Waals surface area (Å²) >= 11 is 0. The molecule has 1 nitrogen and oxygen atoms in total. The van der Waals surface area contributed by atoms with Crippen LogP contribution in [0, 0.1) is 0 Å². The zero-order valence-electron chi connectivity index (χ0n) is 8.52. The summed E-state index contributed by atoms with van der Waals surface area (Å²) in [7, 11) is 0. The molecule has 0 N–H and O–H groups in total. The molecular weight excluding hydrogens is 148 g/mol. The van der Waals surface area contributed by atoms with Gasteiger partial charge >= 0.3 is 0 Å². The van der Waals surface area contributed by atoms with Crippen molar-refractivity contribution in [2.75, 3.05) is 0 Å². The maximum absolute atomic E-state index is 10.4. The maximum Gasteiger partial charge on any atom is 0.145 e. The number of aldehydes is 1. The minimum Gasteiger partial charge on any atom is -0.298 e. The molecule has 70 valence electrons. The quantitative estimate of drug-likeness (QED) is 0.337. The van der Waals surface area contributed by atoms with Crippen LogP contribution in [0.2, 0.25) is 0 Å². The molecule has 0 saturated heterocycles. The van der Waals surface area contributed by atoms with Crippen molar-refractivity contribution < 1.29 is 4.79 Å². The van der Waals surface area contributed by atoms with Crippen molar-refractivity contribution in [3.8, 4) is 0 Å². The maximum atomic E-state index is 10.4. The number of rotatable bonds is 6. The normalized spacial score (nSPS) is 12.6. The van der Waals surface area contributed by atoms with Gasteiger partial charge in [-0.2, -0.15) is 0 Å². The molecule has 0 bridgehead atoms. The fraction of sp³-hybridized carbons (Fsp3) is 0.727. The molecule has 0 heterocycles. The Balaban J connectivity index is 3.56. The minimum absolute atomic E-state index is 0.909. The summed E-state index contributed by atoms with van der Waals surface area (Å²) in [6.45, 7) is 6.15. The van der Waals surface area contributed by atoms with Gasteiger partial charge in [0, 0.05) is 0 Å². The predicted octanol–water partition coefficient (Wildman–Crippen LogP) is 3.49. The first kappa shape index (κ1) is 11.4. The SMILES string of the molecule is CCCCCC/C(C)=C(\C)C=O. The van der Waals surface area contributed by atoms with E-state index < -0.39 is 0 Å². The van der Waals surface area contributed by atoms with Crippen LogP contribution in [0.25, 0.3) is 0 Å². The van der Waals surface area contributed by atoms with Crippen LogP contribution in [0.5, 0.6) is 0 Å². The van der Waals surface area contributed by atoms with E-state index in [4.69, 9.17) is 0 Å². The van der Waals surface area contributed by atoms with Gasteiger partial charge in [-0.05, 0) is 32.3 Å². The highest BCUT2D eigenvalue weighted by molar-refractivity contribution is 5.73. The van der Waals surface area contributed by atoms with Gasteiger partial charge in [0.2, 0.25) is 0 Å². The highest BCUT2D eigenvalue weighted by atomic mass is 16.1. The van der Waals surface area contributed by atoms with Gasteiger partial charge in [-0.1, -0.05) is 31.8 Å². The van der Waals surface area contributed by atoms with Crippen molar-refractivity contribution in [2.45, 2.75) is 52.9 Å². The van der Waals surface area contributed by atoms with E-state index >= 15 is 0 Å². The van der Waals surface area contributed by atoms with E-state index in [1.807, 2.05) is 6.92 Å². The molecule has 0 saturated carbocycles. The Hall–Kier alpha value is -0.590. The third-order valence-corrected chi connectivity index (χ3v) is 2.26. The third-order valence-electron chi connectivity index (χ3n) is 2.26. The van der Waals surface area contributed by atoms with E-state index in [1.54, 1.807) is 0 Å². The Bertz CT molecular complexity index is 156. The number of hydrogen-bond donors (Lipinski definition) is 0. The van der Waals surface area contributed by atoms with Gasteiger partial charge in [0.15, 0.2) is 0 Å². The lowest BCUT2D eigenvalue weighted by Gasteiger charge is -2.01. The Morgan fingerprint density at radius 2 is 1.83 bits per heavy atom. The third kappa shape index (κ3) is 5.11. The molecule has 0 aliphatic heterocycles. The molecule has 0 rings (SSSR count). The van der Waals surface area contributed by atoms with Crippen molar-refractivity contribution >= 4 is 6.29 Å². The topological polar surface area (TPSA) is 17.1 Å². The van der Waals surface area contributed by atoms with Crippen LogP contribution in [-0.2, 0) is 4.79 Å². The van der Waals surface area contributed by atoms with E-state index in [0.29, 0.717) is 0 Å². The number of carbonyl (C=O) groups excluding carboxylic acids is 1. The lowest BCUT2D eigenvalue weighted by atomic mass is 10.0. The molecule has 12 heavy (non-hydrogen) atoms. The van der Waals surface area contributed by atoms with Crippen molar-refractivity contribution in [1.82, 2.24) is 0 Å². The molecule has 0 aromatic heterocycles. The Kier molecular flexibility index (Phi) is 6.73. The average Bonchev–Trinajstić information content (AvgIpc) is 2.10. The molecule has 0 spiro atoms. The summed E-state index contributed by atoms with van der Waals surface area (Å²) < 4.78 is 0. The Morgan fingerprint density at radius 1 is 1.17 bits per heavy atom. The smallest absolute Gasteiger partial charge is 0.145 e. The highest BCUT2D eigenvalue weighted by Crippen LogP contribution is 2.11. The molecule has 0 radical (unpaired) electrons. The highest BCUT2D eigenvalue weighted by Gasteiger charge is 1.95. The number of allylic oxidation sites excluding steroid dienone is 2. The molecule has 0 atom stereocenters. The largest absolute Gasteiger partial charge is 0.298 e. The van der Waals surface area contributed by atoms with Gasteiger partial charge in [0.25, 0.3) is 0 Å². The van der Waals surface area contributed by atoms with Gasteiger partial charge in [-0.25, -0.2) is 0 Å². The molecule has 0 aromatic rings. The van der Waals surface area contributed by atoms with Crippen LogP contribution >= 0.6 is 0 Å². The molecule has 0 unspecified atom stereocenters. The molecule has 1 heteroatoms. The van der Waals surface area contributed by atoms with Crippen LogP contribution in [0.1, 0.15) is 52.9 Å². The summed E-state index contributed by atoms with van der Waals surface area (Å²) in [5, 5.41) is 0. The number of carbonyl (C=O) groups is 1. The van der Waals surface area contributed by atoms with Gasteiger partial charge in [-0.3, -0.25) is 4.79 Å². The summed E-state index contributed by atoms with van der Waals surface area (Å²) in [6.07, 6.45) is 7.15. The first-order valence-corrected chi connectivity index (χ1v) is 4.84. The summed E-state index contributed by atoms with van der Waals surface area (Å²) in [6, 6.07) is 0. The van der Waals surface area contributed by atoms with E-state index in [9.17, 15) is 4.79 Å². The van der Waals surface area contributed by atoms with Crippen LogP contribution in [0.3, 0.4) is 0 Å². The second-order valence-corrected chi connectivity index (χ2v) is 3.39. The molecule has 0 fully saturated rings. The number of hydrogen-bond acceptors (Lipinski definition) is 1. The second-order valence-electron chi connectivity index (χ2n) is 3.39. The Morgan fingerprint density at radius 3 is 2.33 bits per heavy atom. The van der Waals surface area contributed by atoms with Crippen LogP contribution in [0.4, 0.5) is 0 Å². The summed E-state index contributed by atoms with van der Waals surface area (Å²) in [5.74, 6) is 0. The fourth-order valence-corrected chi connectivity index (χ4v) is 1.11. The van der Waals surface area contributed by atoms with Gasteiger partial charge in [0.05, 0.1) is 0 Å². The van der Waals surface area contributed by atoms with Crippen LogP contribution < -0.4 is 0 Å². The zero-order chi connectivity index (χ0) is 9.40. The van der Waals surface area contributed by atoms with E-state index in [2.05, 4.69) is 13.8 Å². The van der Waals surface area contributed by atoms with Gasteiger partial charge < -0.3 is 0 Å². The lowest BCUT2D eigenvalue weighted by Crippen LogP contribution is -1.86. The zero-order valence-corrected chi connectivity index (χ0v) is 8.52. The monoisotopic (exact) mass is 168 g/mol. The summed E-state index contributed by atoms with van der Waals surface area (Å²) in [5.41, 5.74) is 2.16. The van der Waals surface area contributed by atoms with Gasteiger partial charge in [0.1, 0.15) is 6.29 Å². The van der Waals surface area contributed by atoms with E-state index in [-0.39, 0.29) is 0 Å². The Labute approximate surface area is 75.9 Å². The van der Waals surface area contributed by atoms with Crippen LogP contribution in [0.15, 0.2) is 11.1 Å². The second kappa shape index (κ2) is 7.08. The van der Waals surface area contributed by atoms with Gasteiger partial charge in [-0.15, -0.1) is 0 Å². The fourth-order valence-electron chi connectivity index (χ4n) is 1.11. The summed E-state index contributed by atoms with van der Waals surface area (Å²) in [4.78, 5) is 10.4. The molecule has 0 amide bonds. The first-order chi connectivity index (χ1) is 5.72. The molecule has 0 aliphatic carbocycles. The van der Waals surface area contributed by atoms with E-state index in [0.717, 1.165) is 18.3 Å². The van der Waals surface area contributed by atoms with E-state index in [1.165, 1.54) is 31.3 Å². The standard InChI is InChI=1S/C11H20O/c1-4-5-6-7-8-10(2)11(3)9-12/h9H,4-8H2,1-3H3/b11-10+. The minimum atomic E-state index is 0.909. The van der Waals surface area contributed by atoms with Crippen molar-refractivity contribution in [1.29, 1.82) is 0 Å². The predicted molar refractivity (Wildman–Crippen MR) is 53.2 cm³/mol. The van der Waals surface area contributed by atoms with Crippen molar-refractivity contribution in [3.63, 3.8) is 0 Å². The van der Waals surface area contributed by atoms with Crippen molar-refractivity contribution in [3.05, 3.63) is 11.1 Å². The van der Waals surface area contributed by atoms with Crippen LogP contribution in [-0.4, -0.2) is 6.29 Å². The molecule has 0 aliphatic rings. The molecular formula is C11H20O. The lowest BCUT2D eigenvalue weighted by molar-refractivity contribution is -0.104. The first-order valence-electron chi connectivity index (χ1n) is 4.84. The average molecular weight is 168 g/mol. The number of unbranched alkanes of at least 4 members (excludes halogenated alkanes) is 3.